The molecule has 18 heavy (non-hydrogen) atoms. The van der Waals surface area contributed by atoms with Crippen molar-refractivity contribution in [2.24, 2.45) is 5.92 Å². The summed E-state index contributed by atoms with van der Waals surface area (Å²) in [6, 6.07) is 4.67. The minimum atomic E-state index is 0.298. The van der Waals surface area contributed by atoms with Crippen LogP contribution in [0.4, 0.5) is 0 Å². The number of carbonyl (C=O) groups excluding carboxylic acids is 1. The third-order valence-corrected chi connectivity index (χ3v) is 5.09. The normalized spacial score (nSPS) is 20.8. The zero-order valence-corrected chi connectivity index (χ0v) is 12.4. The van der Waals surface area contributed by atoms with Crippen LogP contribution in [0, 0.1) is 5.92 Å². The van der Waals surface area contributed by atoms with E-state index in [4.69, 9.17) is 0 Å². The quantitative estimate of drug-likeness (QED) is 0.758. The molecule has 1 saturated heterocycles. The molecule has 1 aliphatic heterocycles. The fraction of sp³-hybridized carbons (Fsp3) is 0.667. The van der Waals surface area contributed by atoms with E-state index in [-0.39, 0.29) is 0 Å². The SMILES string of the molecule is CCc1ccc(C(=O)CN2CCCC2C(C)C)s1. The number of aryl methyl sites for hydroxylation is 1. The van der Waals surface area contributed by atoms with Gasteiger partial charge < -0.3 is 0 Å². The van der Waals surface area contributed by atoms with Gasteiger partial charge in [0.2, 0.25) is 0 Å². The molecule has 0 saturated carbocycles. The highest BCUT2D eigenvalue weighted by atomic mass is 32.1. The van der Waals surface area contributed by atoms with E-state index in [0.717, 1.165) is 17.8 Å². The number of nitrogens with zero attached hydrogens (tertiary/aromatic N) is 1. The maximum atomic E-state index is 12.3. The molecular formula is C15H23NOS. The first-order valence-electron chi connectivity index (χ1n) is 6.97. The molecule has 1 unspecified atom stereocenters. The Morgan fingerprint density at radius 2 is 2.28 bits per heavy atom. The van der Waals surface area contributed by atoms with Crippen molar-refractivity contribution in [2.75, 3.05) is 13.1 Å². The Kier molecular flexibility index (Phi) is 4.57. The van der Waals surface area contributed by atoms with Gasteiger partial charge in [0.15, 0.2) is 5.78 Å². The van der Waals surface area contributed by atoms with Gasteiger partial charge in [0, 0.05) is 10.9 Å². The summed E-state index contributed by atoms with van der Waals surface area (Å²) in [6.07, 6.45) is 3.51. The van der Waals surface area contributed by atoms with Gasteiger partial charge in [-0.1, -0.05) is 20.8 Å². The second-order valence-electron chi connectivity index (χ2n) is 5.47. The van der Waals surface area contributed by atoms with Gasteiger partial charge in [-0.3, -0.25) is 9.69 Å². The highest BCUT2D eigenvalue weighted by Gasteiger charge is 2.28. The summed E-state index contributed by atoms with van der Waals surface area (Å²) in [5.41, 5.74) is 0. The van der Waals surface area contributed by atoms with Gasteiger partial charge in [0.25, 0.3) is 0 Å². The van der Waals surface area contributed by atoms with Crippen molar-refractivity contribution in [3.05, 3.63) is 21.9 Å². The first-order chi connectivity index (χ1) is 8.61. The zero-order valence-electron chi connectivity index (χ0n) is 11.6. The smallest absolute Gasteiger partial charge is 0.186 e. The molecule has 1 aromatic rings. The number of hydrogen-bond donors (Lipinski definition) is 0. The van der Waals surface area contributed by atoms with Crippen LogP contribution >= 0.6 is 11.3 Å². The standard InChI is InChI=1S/C15H23NOS/c1-4-12-7-8-15(18-12)14(17)10-16-9-5-6-13(16)11(2)3/h7-8,11,13H,4-6,9-10H2,1-3H3. The van der Waals surface area contributed by atoms with E-state index in [1.54, 1.807) is 11.3 Å². The van der Waals surface area contributed by atoms with Gasteiger partial charge in [-0.15, -0.1) is 11.3 Å². The molecule has 0 amide bonds. The lowest BCUT2D eigenvalue weighted by Crippen LogP contribution is -2.37. The summed E-state index contributed by atoms with van der Waals surface area (Å²) in [6.45, 7) is 8.34. The Labute approximate surface area is 114 Å². The van der Waals surface area contributed by atoms with Crippen molar-refractivity contribution in [2.45, 2.75) is 46.1 Å². The van der Waals surface area contributed by atoms with Crippen LogP contribution in [0.1, 0.15) is 48.2 Å². The van der Waals surface area contributed by atoms with E-state index in [9.17, 15) is 4.79 Å². The second-order valence-corrected chi connectivity index (χ2v) is 6.64. The average Bonchev–Trinajstić information content (AvgIpc) is 2.96. The summed E-state index contributed by atoms with van der Waals surface area (Å²) in [7, 11) is 0. The predicted octanol–water partition coefficient (Wildman–Crippen LogP) is 3.61. The van der Waals surface area contributed by atoms with Gasteiger partial charge >= 0.3 is 0 Å². The van der Waals surface area contributed by atoms with E-state index in [1.807, 2.05) is 6.07 Å². The van der Waals surface area contributed by atoms with E-state index < -0.39 is 0 Å². The third-order valence-electron chi connectivity index (χ3n) is 3.82. The van der Waals surface area contributed by atoms with Gasteiger partial charge in [-0.25, -0.2) is 0 Å². The Hall–Kier alpha value is -0.670. The van der Waals surface area contributed by atoms with Crippen molar-refractivity contribution in [1.82, 2.24) is 4.90 Å². The molecule has 0 aliphatic carbocycles. The van der Waals surface area contributed by atoms with Crippen LogP contribution in [0.5, 0.6) is 0 Å². The highest BCUT2D eigenvalue weighted by molar-refractivity contribution is 7.14. The van der Waals surface area contributed by atoms with Crippen molar-refractivity contribution in [3.8, 4) is 0 Å². The second kappa shape index (κ2) is 5.98. The molecule has 1 atom stereocenters. The van der Waals surface area contributed by atoms with Gasteiger partial charge in [0.05, 0.1) is 11.4 Å². The lowest BCUT2D eigenvalue weighted by atomic mass is 10.0. The third kappa shape index (κ3) is 3.01. The first-order valence-corrected chi connectivity index (χ1v) is 7.79. The van der Waals surface area contributed by atoms with Gasteiger partial charge in [0.1, 0.15) is 0 Å². The Morgan fingerprint density at radius 3 is 2.89 bits per heavy atom. The number of likely N-dealkylation sites (tertiary alicyclic amines) is 1. The largest absolute Gasteiger partial charge is 0.293 e. The number of rotatable bonds is 5. The summed E-state index contributed by atoms with van der Waals surface area (Å²) < 4.78 is 0. The molecule has 1 aromatic heterocycles. The van der Waals surface area contributed by atoms with Crippen LogP contribution in [0.3, 0.4) is 0 Å². The molecule has 100 valence electrons. The number of hydrogen-bond acceptors (Lipinski definition) is 3. The van der Waals surface area contributed by atoms with Crippen LogP contribution in [0.2, 0.25) is 0 Å². The minimum Gasteiger partial charge on any atom is -0.293 e. The Bertz CT molecular complexity index is 410. The van der Waals surface area contributed by atoms with Crippen LogP contribution in [0.25, 0.3) is 0 Å². The van der Waals surface area contributed by atoms with Crippen molar-refractivity contribution in [1.29, 1.82) is 0 Å². The lowest BCUT2D eigenvalue weighted by molar-refractivity contribution is 0.0908. The maximum absolute atomic E-state index is 12.3. The van der Waals surface area contributed by atoms with Crippen LogP contribution < -0.4 is 0 Å². The molecule has 0 aromatic carbocycles. The Morgan fingerprint density at radius 1 is 1.50 bits per heavy atom. The van der Waals surface area contributed by atoms with Gasteiger partial charge in [-0.05, 0) is 43.9 Å². The van der Waals surface area contributed by atoms with Crippen molar-refractivity contribution < 1.29 is 4.79 Å². The van der Waals surface area contributed by atoms with Crippen LogP contribution in [-0.2, 0) is 6.42 Å². The summed E-state index contributed by atoms with van der Waals surface area (Å²) >= 11 is 1.66. The number of ketones is 1. The fourth-order valence-corrected chi connectivity index (χ4v) is 3.66. The molecule has 3 heteroatoms. The monoisotopic (exact) mass is 265 g/mol. The van der Waals surface area contributed by atoms with Crippen molar-refractivity contribution in [3.63, 3.8) is 0 Å². The minimum absolute atomic E-state index is 0.298. The predicted molar refractivity (Wildman–Crippen MR) is 77.5 cm³/mol. The Balaban J connectivity index is 1.98. The topological polar surface area (TPSA) is 20.3 Å². The summed E-state index contributed by atoms with van der Waals surface area (Å²) in [5, 5.41) is 0. The zero-order chi connectivity index (χ0) is 13.1. The molecule has 0 N–H and O–H groups in total. The van der Waals surface area contributed by atoms with Gasteiger partial charge in [-0.2, -0.15) is 0 Å². The number of carbonyl (C=O) groups is 1. The van der Waals surface area contributed by atoms with Crippen LogP contribution in [-0.4, -0.2) is 29.8 Å². The molecule has 0 radical (unpaired) electrons. The number of thiophene rings is 1. The van der Waals surface area contributed by atoms with E-state index in [0.29, 0.717) is 24.3 Å². The maximum Gasteiger partial charge on any atom is 0.186 e. The molecule has 1 fully saturated rings. The van der Waals surface area contributed by atoms with E-state index in [2.05, 4.69) is 31.7 Å². The highest BCUT2D eigenvalue weighted by Crippen LogP contribution is 2.25. The molecule has 2 heterocycles. The summed E-state index contributed by atoms with van der Waals surface area (Å²) in [4.78, 5) is 16.9. The number of Topliss-reactive ketones (excluding diaryl/α,β-unsaturated/α-hetero) is 1. The molecular weight excluding hydrogens is 242 g/mol. The first kappa shape index (κ1) is 13.8. The van der Waals surface area contributed by atoms with Crippen molar-refractivity contribution >= 4 is 17.1 Å². The molecule has 0 spiro atoms. The van der Waals surface area contributed by atoms with Crippen LogP contribution in [0.15, 0.2) is 12.1 Å². The molecule has 0 bridgehead atoms. The molecule has 2 nitrogen and oxygen atoms in total. The molecule has 2 rings (SSSR count). The lowest BCUT2D eigenvalue weighted by Gasteiger charge is -2.26. The summed E-state index contributed by atoms with van der Waals surface area (Å²) in [5.74, 6) is 0.946. The molecule has 1 aliphatic rings. The average molecular weight is 265 g/mol. The fourth-order valence-electron chi connectivity index (χ4n) is 2.78. The van der Waals surface area contributed by atoms with E-state index >= 15 is 0 Å². The van der Waals surface area contributed by atoms with E-state index in [1.165, 1.54) is 17.7 Å².